The third-order valence-electron chi connectivity index (χ3n) is 2.32. The molecule has 0 N–H and O–H groups in total. The fraction of sp³-hybridized carbons (Fsp3) is 0.444. The lowest BCUT2D eigenvalue weighted by atomic mass is 10.1. The van der Waals surface area contributed by atoms with Crippen LogP contribution in [0.15, 0.2) is 18.7 Å². The van der Waals surface area contributed by atoms with Gasteiger partial charge in [-0.15, -0.1) is 0 Å². The summed E-state index contributed by atoms with van der Waals surface area (Å²) in [7, 11) is 0. The number of carbonyl (C=O) groups excluding carboxylic acids is 1. The van der Waals surface area contributed by atoms with E-state index in [0.717, 1.165) is 18.0 Å². The third-order valence-corrected chi connectivity index (χ3v) is 2.84. The van der Waals surface area contributed by atoms with Gasteiger partial charge in [-0.2, -0.15) is 12.6 Å². The summed E-state index contributed by atoms with van der Waals surface area (Å²) < 4.78 is 0. The van der Waals surface area contributed by atoms with E-state index in [2.05, 4.69) is 22.6 Å². The Bertz CT molecular complexity index is 330. The molecule has 1 atom stereocenters. The van der Waals surface area contributed by atoms with E-state index in [0.29, 0.717) is 12.3 Å². The lowest BCUT2D eigenvalue weighted by Gasteiger charge is -2.14. The van der Waals surface area contributed by atoms with E-state index in [4.69, 9.17) is 0 Å². The zero-order valence-electron chi connectivity index (χ0n) is 7.63. The molecule has 0 aliphatic carbocycles. The second-order valence-electron chi connectivity index (χ2n) is 3.35. The molecule has 4 nitrogen and oxygen atoms in total. The lowest BCUT2D eigenvalue weighted by molar-refractivity contribution is -0.117. The molecule has 74 valence electrons. The molecule has 0 radical (unpaired) electrons. The maximum absolute atomic E-state index is 11.6. The first-order valence-corrected chi connectivity index (χ1v) is 5.10. The summed E-state index contributed by atoms with van der Waals surface area (Å²) in [4.78, 5) is 21.1. The first-order chi connectivity index (χ1) is 6.81. The maximum atomic E-state index is 11.6. The molecule has 2 rings (SSSR count). The molecule has 0 spiro atoms. The fourth-order valence-electron chi connectivity index (χ4n) is 1.58. The molecule has 0 aromatic carbocycles. The predicted octanol–water partition coefficient (Wildman–Crippen LogP) is 0.759. The summed E-state index contributed by atoms with van der Waals surface area (Å²) in [6.45, 7) is 0.732. The number of amides is 1. The van der Waals surface area contributed by atoms with Crippen LogP contribution in [0.25, 0.3) is 0 Å². The number of nitrogens with zero attached hydrogens (tertiary/aromatic N) is 3. The maximum Gasteiger partial charge on any atom is 0.227 e. The van der Waals surface area contributed by atoms with Crippen LogP contribution in [0.5, 0.6) is 0 Å². The van der Waals surface area contributed by atoms with Gasteiger partial charge in [-0.1, -0.05) is 0 Å². The summed E-state index contributed by atoms with van der Waals surface area (Å²) >= 11 is 4.20. The summed E-state index contributed by atoms with van der Waals surface area (Å²) in [5.41, 5.74) is 0.779. The Morgan fingerprint density at radius 3 is 2.79 bits per heavy atom. The topological polar surface area (TPSA) is 46.1 Å². The smallest absolute Gasteiger partial charge is 0.227 e. The van der Waals surface area contributed by atoms with Crippen LogP contribution >= 0.6 is 12.6 Å². The average molecular weight is 209 g/mol. The molecule has 1 aliphatic rings. The Morgan fingerprint density at radius 1 is 1.50 bits per heavy atom. The molecule has 1 fully saturated rings. The van der Waals surface area contributed by atoms with Crippen LogP contribution in [0.2, 0.25) is 0 Å². The van der Waals surface area contributed by atoms with Gasteiger partial charge in [0.05, 0.1) is 18.1 Å². The normalized spacial score (nSPS) is 21.6. The number of hydrogen-bond donors (Lipinski definition) is 1. The van der Waals surface area contributed by atoms with Gasteiger partial charge in [-0.3, -0.25) is 4.79 Å². The van der Waals surface area contributed by atoms with Gasteiger partial charge >= 0.3 is 0 Å². The van der Waals surface area contributed by atoms with Crippen LogP contribution in [-0.2, 0) is 4.79 Å². The third kappa shape index (κ3) is 1.72. The zero-order chi connectivity index (χ0) is 9.97. The minimum absolute atomic E-state index is 0.138. The van der Waals surface area contributed by atoms with Crippen molar-refractivity contribution in [3.8, 4) is 0 Å². The van der Waals surface area contributed by atoms with Gasteiger partial charge < -0.3 is 4.90 Å². The van der Waals surface area contributed by atoms with Crippen LogP contribution in [-0.4, -0.2) is 28.2 Å². The highest BCUT2D eigenvalue weighted by Crippen LogP contribution is 2.23. The minimum Gasteiger partial charge on any atom is -0.309 e. The highest BCUT2D eigenvalue weighted by Gasteiger charge is 2.29. The molecule has 5 heteroatoms. The van der Waals surface area contributed by atoms with Gasteiger partial charge in [-0.05, 0) is 11.7 Å². The number of hydrogen-bond acceptors (Lipinski definition) is 4. The first kappa shape index (κ1) is 9.45. The van der Waals surface area contributed by atoms with Crippen molar-refractivity contribution >= 4 is 24.2 Å². The van der Waals surface area contributed by atoms with Crippen molar-refractivity contribution in [2.24, 2.45) is 5.92 Å². The molecule has 2 heterocycles. The van der Waals surface area contributed by atoms with Gasteiger partial charge in [-0.25, -0.2) is 9.97 Å². The SMILES string of the molecule is O=C1CC(CS)CN1c1cncnc1. The van der Waals surface area contributed by atoms with Crippen LogP contribution in [0.4, 0.5) is 5.69 Å². The first-order valence-electron chi connectivity index (χ1n) is 4.47. The van der Waals surface area contributed by atoms with Crippen molar-refractivity contribution < 1.29 is 4.79 Å². The highest BCUT2D eigenvalue weighted by atomic mass is 32.1. The van der Waals surface area contributed by atoms with E-state index >= 15 is 0 Å². The molecule has 1 aromatic heterocycles. The number of thiol groups is 1. The van der Waals surface area contributed by atoms with Gasteiger partial charge in [0.15, 0.2) is 0 Å². The monoisotopic (exact) mass is 209 g/mol. The average Bonchev–Trinajstić information content (AvgIpc) is 2.61. The highest BCUT2D eigenvalue weighted by molar-refractivity contribution is 7.80. The molecule has 1 aliphatic heterocycles. The van der Waals surface area contributed by atoms with E-state index in [1.165, 1.54) is 6.33 Å². The van der Waals surface area contributed by atoms with Crippen molar-refractivity contribution in [1.29, 1.82) is 0 Å². The molecule has 1 unspecified atom stereocenters. The van der Waals surface area contributed by atoms with Gasteiger partial charge in [0, 0.05) is 13.0 Å². The molecular weight excluding hydrogens is 198 g/mol. The standard InChI is InChI=1S/C9H11N3OS/c13-9-1-7(5-14)4-12(9)8-2-10-6-11-3-8/h2-3,6-7,14H,1,4-5H2. The minimum atomic E-state index is 0.138. The van der Waals surface area contributed by atoms with Gasteiger partial charge in [0.1, 0.15) is 6.33 Å². The quantitative estimate of drug-likeness (QED) is 0.731. The Labute approximate surface area is 87.8 Å². The Kier molecular flexibility index (Phi) is 2.67. The largest absolute Gasteiger partial charge is 0.309 e. The van der Waals surface area contributed by atoms with Crippen LogP contribution in [0.3, 0.4) is 0 Å². The summed E-state index contributed by atoms with van der Waals surface area (Å²) in [5.74, 6) is 1.24. The van der Waals surface area contributed by atoms with Crippen LogP contribution in [0.1, 0.15) is 6.42 Å². The van der Waals surface area contributed by atoms with E-state index in [1.807, 2.05) is 0 Å². The summed E-state index contributed by atoms with van der Waals surface area (Å²) in [6.07, 6.45) is 5.36. The summed E-state index contributed by atoms with van der Waals surface area (Å²) in [5, 5.41) is 0. The zero-order valence-corrected chi connectivity index (χ0v) is 8.52. The summed E-state index contributed by atoms with van der Waals surface area (Å²) in [6, 6.07) is 0. The lowest BCUT2D eigenvalue weighted by Crippen LogP contribution is -2.24. The van der Waals surface area contributed by atoms with Crippen LogP contribution < -0.4 is 4.90 Å². The molecule has 1 saturated heterocycles. The van der Waals surface area contributed by atoms with E-state index in [-0.39, 0.29) is 5.91 Å². The second-order valence-corrected chi connectivity index (χ2v) is 3.72. The predicted molar refractivity (Wildman–Crippen MR) is 56.3 cm³/mol. The van der Waals surface area contributed by atoms with Crippen molar-refractivity contribution in [3.05, 3.63) is 18.7 Å². The number of rotatable bonds is 2. The Balaban J connectivity index is 2.17. The number of aromatic nitrogens is 2. The van der Waals surface area contributed by atoms with Crippen LogP contribution in [0, 0.1) is 5.92 Å². The molecular formula is C9H11N3OS. The van der Waals surface area contributed by atoms with E-state index in [9.17, 15) is 4.79 Å². The van der Waals surface area contributed by atoms with Crippen molar-refractivity contribution in [1.82, 2.24) is 9.97 Å². The van der Waals surface area contributed by atoms with Crippen molar-refractivity contribution in [2.45, 2.75) is 6.42 Å². The number of carbonyl (C=O) groups is 1. The molecule has 0 saturated carbocycles. The molecule has 1 amide bonds. The van der Waals surface area contributed by atoms with Crippen molar-refractivity contribution in [3.63, 3.8) is 0 Å². The number of anilines is 1. The molecule has 14 heavy (non-hydrogen) atoms. The fourth-order valence-corrected chi connectivity index (χ4v) is 1.83. The van der Waals surface area contributed by atoms with Crippen molar-refractivity contribution in [2.75, 3.05) is 17.2 Å². The van der Waals surface area contributed by atoms with E-state index in [1.54, 1.807) is 17.3 Å². The Hall–Kier alpha value is -1.10. The Morgan fingerprint density at radius 2 is 2.21 bits per heavy atom. The molecule has 1 aromatic rings. The van der Waals surface area contributed by atoms with Gasteiger partial charge in [0.2, 0.25) is 5.91 Å². The second kappa shape index (κ2) is 3.96. The van der Waals surface area contributed by atoms with E-state index < -0.39 is 0 Å². The van der Waals surface area contributed by atoms with Gasteiger partial charge in [0.25, 0.3) is 0 Å². The molecule has 0 bridgehead atoms.